The molecule has 6 heteroatoms. The molecule has 0 unspecified atom stereocenters. The largest absolute Gasteiger partial charge is 0.504 e. The SMILES string of the molecule is COc1cc(C(=O)C=Cc2c(Cl)cnn2C)ccc1O. The standard InChI is InChI=1S/C14H13ClN2O3/c1-17-11(10(15)8-16-17)4-6-12(18)9-3-5-13(19)14(7-9)20-2/h3-8,19H,1-2H3. The van der Waals surface area contributed by atoms with Crippen molar-refractivity contribution < 1.29 is 14.6 Å². The fraction of sp³-hybridized carbons (Fsp3) is 0.143. The molecule has 0 saturated heterocycles. The highest BCUT2D eigenvalue weighted by atomic mass is 35.5. The minimum atomic E-state index is -0.222. The van der Waals surface area contributed by atoms with Gasteiger partial charge in [0.2, 0.25) is 0 Å². The van der Waals surface area contributed by atoms with Crippen LogP contribution in [0.4, 0.5) is 0 Å². The van der Waals surface area contributed by atoms with E-state index in [9.17, 15) is 9.90 Å². The Morgan fingerprint density at radius 2 is 2.25 bits per heavy atom. The molecule has 0 aliphatic heterocycles. The van der Waals surface area contributed by atoms with Gasteiger partial charge in [-0.15, -0.1) is 0 Å². The van der Waals surface area contributed by atoms with Crippen molar-refractivity contribution in [2.45, 2.75) is 0 Å². The van der Waals surface area contributed by atoms with Gasteiger partial charge in [0.25, 0.3) is 0 Å². The molecule has 0 amide bonds. The first-order chi connectivity index (χ1) is 9.52. The number of allylic oxidation sites excluding steroid dienone is 1. The van der Waals surface area contributed by atoms with E-state index in [1.54, 1.807) is 17.8 Å². The highest BCUT2D eigenvalue weighted by molar-refractivity contribution is 6.31. The quantitative estimate of drug-likeness (QED) is 0.695. The van der Waals surface area contributed by atoms with Gasteiger partial charge in [-0.1, -0.05) is 11.6 Å². The number of methoxy groups -OCH3 is 1. The number of carbonyl (C=O) groups excluding carboxylic acids is 1. The molecule has 104 valence electrons. The van der Waals surface area contributed by atoms with Crippen LogP contribution in [0.25, 0.3) is 6.08 Å². The van der Waals surface area contributed by atoms with E-state index >= 15 is 0 Å². The second-order valence-corrected chi connectivity index (χ2v) is 4.49. The lowest BCUT2D eigenvalue weighted by Crippen LogP contribution is -1.97. The normalized spacial score (nSPS) is 10.9. The molecule has 0 aliphatic carbocycles. The summed E-state index contributed by atoms with van der Waals surface area (Å²) >= 11 is 5.94. The molecule has 0 fully saturated rings. The van der Waals surface area contributed by atoms with Crippen molar-refractivity contribution in [3.63, 3.8) is 0 Å². The van der Waals surface area contributed by atoms with Gasteiger partial charge in [0, 0.05) is 12.6 Å². The summed E-state index contributed by atoms with van der Waals surface area (Å²) in [5.74, 6) is 0.0195. The van der Waals surface area contributed by atoms with Crippen molar-refractivity contribution in [3.8, 4) is 11.5 Å². The van der Waals surface area contributed by atoms with E-state index in [-0.39, 0.29) is 17.3 Å². The second kappa shape index (κ2) is 5.79. The predicted octanol–water partition coefficient (Wildman–Crippen LogP) is 2.68. The number of halogens is 1. The summed E-state index contributed by atoms with van der Waals surface area (Å²) in [6.07, 6.45) is 4.50. The maximum absolute atomic E-state index is 12.0. The molecule has 2 aromatic rings. The second-order valence-electron chi connectivity index (χ2n) is 4.09. The lowest BCUT2D eigenvalue weighted by molar-refractivity contribution is 0.104. The van der Waals surface area contributed by atoms with Crippen LogP contribution in [-0.2, 0) is 7.05 Å². The zero-order valence-electron chi connectivity index (χ0n) is 11.0. The van der Waals surface area contributed by atoms with E-state index in [4.69, 9.17) is 16.3 Å². The summed E-state index contributed by atoms with van der Waals surface area (Å²) in [5, 5.41) is 13.9. The molecule has 0 saturated carbocycles. The number of aryl methyl sites for hydroxylation is 1. The highest BCUT2D eigenvalue weighted by Gasteiger charge is 2.08. The first-order valence-corrected chi connectivity index (χ1v) is 6.17. The summed E-state index contributed by atoms with van der Waals surface area (Å²) in [4.78, 5) is 12.0. The summed E-state index contributed by atoms with van der Waals surface area (Å²) in [6, 6.07) is 4.42. The minimum Gasteiger partial charge on any atom is -0.504 e. The van der Waals surface area contributed by atoms with Crippen molar-refractivity contribution in [3.05, 3.63) is 46.8 Å². The molecule has 2 rings (SSSR count). The van der Waals surface area contributed by atoms with Crippen LogP contribution >= 0.6 is 11.6 Å². The molecule has 1 aromatic carbocycles. The molecule has 0 bridgehead atoms. The van der Waals surface area contributed by atoms with Crippen LogP contribution in [0.2, 0.25) is 5.02 Å². The molecule has 0 spiro atoms. The smallest absolute Gasteiger partial charge is 0.186 e. The van der Waals surface area contributed by atoms with Crippen LogP contribution in [0.15, 0.2) is 30.5 Å². The van der Waals surface area contributed by atoms with Crippen LogP contribution < -0.4 is 4.74 Å². The summed E-state index contributed by atoms with van der Waals surface area (Å²) < 4.78 is 6.54. The fourth-order valence-corrected chi connectivity index (χ4v) is 1.92. The van der Waals surface area contributed by atoms with Gasteiger partial charge in [-0.3, -0.25) is 9.48 Å². The van der Waals surface area contributed by atoms with Crippen LogP contribution in [0.5, 0.6) is 11.5 Å². The summed E-state index contributed by atoms with van der Waals surface area (Å²) in [5.41, 5.74) is 1.06. The molecule has 5 nitrogen and oxygen atoms in total. The Balaban J connectivity index is 2.24. The third-order valence-electron chi connectivity index (χ3n) is 2.79. The lowest BCUT2D eigenvalue weighted by Gasteiger charge is -2.04. The van der Waals surface area contributed by atoms with Gasteiger partial charge >= 0.3 is 0 Å². The van der Waals surface area contributed by atoms with Crippen molar-refractivity contribution in [2.75, 3.05) is 7.11 Å². The number of ether oxygens (including phenoxy) is 1. The molecule has 1 aromatic heterocycles. The van der Waals surface area contributed by atoms with E-state index in [2.05, 4.69) is 5.10 Å². The Morgan fingerprint density at radius 1 is 1.50 bits per heavy atom. The number of hydrogen-bond donors (Lipinski definition) is 1. The Morgan fingerprint density at radius 3 is 2.85 bits per heavy atom. The van der Waals surface area contributed by atoms with Crippen LogP contribution in [0, 0.1) is 0 Å². The molecular formula is C14H13ClN2O3. The summed E-state index contributed by atoms with van der Waals surface area (Å²) in [7, 11) is 3.16. The maximum atomic E-state index is 12.0. The Kier molecular flexibility index (Phi) is 4.10. The van der Waals surface area contributed by atoms with Gasteiger partial charge in [-0.25, -0.2) is 0 Å². The molecule has 1 N–H and O–H groups in total. The topological polar surface area (TPSA) is 64.3 Å². The number of aromatic hydroxyl groups is 1. The molecular weight excluding hydrogens is 280 g/mol. The Hall–Kier alpha value is -2.27. The van der Waals surface area contributed by atoms with Crippen LogP contribution in [0.3, 0.4) is 0 Å². The van der Waals surface area contributed by atoms with Gasteiger partial charge < -0.3 is 9.84 Å². The molecule has 0 atom stereocenters. The van der Waals surface area contributed by atoms with E-state index in [0.29, 0.717) is 16.3 Å². The fourth-order valence-electron chi connectivity index (χ4n) is 1.69. The number of ketones is 1. The van der Waals surface area contributed by atoms with Gasteiger partial charge in [0.05, 0.1) is 24.0 Å². The predicted molar refractivity (Wildman–Crippen MR) is 76.2 cm³/mol. The zero-order valence-corrected chi connectivity index (χ0v) is 11.8. The van der Waals surface area contributed by atoms with Crippen LogP contribution in [-0.4, -0.2) is 27.8 Å². The van der Waals surface area contributed by atoms with Gasteiger partial charge in [0.1, 0.15) is 0 Å². The van der Waals surface area contributed by atoms with E-state index in [0.717, 1.165) is 0 Å². The number of hydrogen-bond acceptors (Lipinski definition) is 4. The monoisotopic (exact) mass is 292 g/mol. The van der Waals surface area contributed by atoms with Crippen molar-refractivity contribution in [1.29, 1.82) is 0 Å². The number of aromatic nitrogens is 2. The maximum Gasteiger partial charge on any atom is 0.186 e. The van der Waals surface area contributed by atoms with Crippen molar-refractivity contribution >= 4 is 23.5 Å². The van der Waals surface area contributed by atoms with E-state index < -0.39 is 0 Å². The van der Waals surface area contributed by atoms with Crippen LogP contribution in [0.1, 0.15) is 16.1 Å². The first-order valence-electron chi connectivity index (χ1n) is 5.80. The van der Waals surface area contributed by atoms with Gasteiger partial charge in [-0.2, -0.15) is 5.10 Å². The Bertz CT molecular complexity index is 658. The minimum absolute atomic E-state index is 0.0114. The number of phenolic OH excluding ortho intramolecular Hbond substituents is 1. The number of benzene rings is 1. The third-order valence-corrected chi connectivity index (χ3v) is 3.09. The highest BCUT2D eigenvalue weighted by Crippen LogP contribution is 2.26. The lowest BCUT2D eigenvalue weighted by atomic mass is 10.1. The van der Waals surface area contributed by atoms with Gasteiger partial charge in [-0.05, 0) is 30.4 Å². The van der Waals surface area contributed by atoms with Crippen molar-refractivity contribution in [1.82, 2.24) is 9.78 Å². The first kappa shape index (κ1) is 14.1. The average Bonchev–Trinajstić information content (AvgIpc) is 2.76. The van der Waals surface area contributed by atoms with Crippen molar-refractivity contribution in [2.24, 2.45) is 7.05 Å². The number of phenols is 1. The number of nitrogens with zero attached hydrogens (tertiary/aromatic N) is 2. The van der Waals surface area contributed by atoms with E-state index in [1.165, 1.54) is 37.6 Å². The third kappa shape index (κ3) is 2.83. The Labute approximate surface area is 121 Å². The molecule has 20 heavy (non-hydrogen) atoms. The number of rotatable bonds is 4. The number of carbonyl (C=O) groups is 1. The summed E-state index contributed by atoms with van der Waals surface area (Å²) in [6.45, 7) is 0. The molecule has 0 aliphatic rings. The average molecular weight is 293 g/mol. The molecule has 0 radical (unpaired) electrons. The zero-order chi connectivity index (χ0) is 14.7. The molecule has 1 heterocycles. The van der Waals surface area contributed by atoms with E-state index in [1.807, 2.05) is 0 Å². The van der Waals surface area contributed by atoms with Gasteiger partial charge in [0.15, 0.2) is 17.3 Å².